The zero-order valence-corrected chi connectivity index (χ0v) is 37.3. The lowest BCUT2D eigenvalue weighted by atomic mass is 9.80. The Kier molecular flexibility index (Phi) is 12.6. The minimum atomic E-state index is -0.288. The maximum Gasteiger partial charge on any atom is 0.125 e. The summed E-state index contributed by atoms with van der Waals surface area (Å²) in [6, 6.07) is 31.8. The molecule has 0 saturated heterocycles. The molecule has 4 atom stereocenters. The van der Waals surface area contributed by atoms with Crippen LogP contribution < -0.4 is 20.1 Å². The summed E-state index contributed by atoms with van der Waals surface area (Å²) in [5.74, 6) is 2.01. The van der Waals surface area contributed by atoms with Crippen molar-refractivity contribution in [1.29, 1.82) is 0 Å². The Morgan fingerprint density at radius 3 is 0.962 bits per heavy atom. The molecule has 4 aromatic carbocycles. The lowest BCUT2D eigenvalue weighted by Gasteiger charge is -2.34. The predicted molar refractivity (Wildman–Crippen MR) is 234 cm³/mol. The maximum absolute atomic E-state index is 6.94. The third-order valence-electron chi connectivity index (χ3n) is 10.2. The van der Waals surface area contributed by atoms with Gasteiger partial charge >= 0.3 is 0 Å². The number of rotatable bonds is 11. The summed E-state index contributed by atoms with van der Waals surface area (Å²) in [5.41, 5.74) is 7.88. The fraction of sp³-hybridized carbons (Fsp3) is 0.500. The standard InChI is InChI=1S/C48H68O2P2/c1-17-47(15,49-41-29-23-35(43(3,4)5)31-39(41)45(9,10)11)51-37-25-19-33(20-26-37)34-21-27-38(28-22-34)52-48(16,18-2)50-42-30-24-36(44(6,7)8)32-40(42)46(12,13)14/h19-32,51-52H,17-18H2,1-16H3. The van der Waals surface area contributed by atoms with E-state index in [-0.39, 0.29) is 32.3 Å². The third kappa shape index (κ3) is 10.7. The Balaban J connectivity index is 1.49. The highest BCUT2D eigenvalue weighted by Gasteiger charge is 2.31. The summed E-state index contributed by atoms with van der Waals surface area (Å²) in [5, 5.41) is 2.06. The molecule has 282 valence electrons. The van der Waals surface area contributed by atoms with Crippen LogP contribution in [-0.2, 0) is 21.7 Å². The molecular weight excluding hydrogens is 670 g/mol. The highest BCUT2D eigenvalue weighted by atomic mass is 31.1. The first-order chi connectivity index (χ1) is 23.9. The normalized spacial score (nSPS) is 15.6. The second-order valence-corrected chi connectivity index (χ2v) is 23.0. The Morgan fingerprint density at radius 2 is 0.712 bits per heavy atom. The SMILES string of the molecule is CCC(C)(Oc1ccc(C(C)(C)C)cc1C(C)(C)C)Pc1ccc(-c2ccc(PC(C)(CC)Oc3ccc(C(C)(C)C)cc3C(C)(C)C)cc2)cc1. The zero-order chi connectivity index (χ0) is 38.9. The summed E-state index contributed by atoms with van der Waals surface area (Å²) >= 11 is 0. The molecule has 0 fully saturated rings. The van der Waals surface area contributed by atoms with Gasteiger partial charge in [-0.3, -0.25) is 0 Å². The van der Waals surface area contributed by atoms with Crippen molar-refractivity contribution in [2.75, 3.05) is 0 Å². The molecule has 0 aliphatic rings. The second-order valence-electron chi connectivity index (χ2n) is 19.2. The molecule has 52 heavy (non-hydrogen) atoms. The molecule has 0 aliphatic carbocycles. The summed E-state index contributed by atoms with van der Waals surface area (Å²) in [4.78, 5) is 0. The van der Waals surface area contributed by atoms with Gasteiger partial charge in [-0.05, 0) is 122 Å². The number of hydrogen-bond donors (Lipinski definition) is 0. The van der Waals surface area contributed by atoms with Gasteiger partial charge < -0.3 is 9.47 Å². The van der Waals surface area contributed by atoms with E-state index in [4.69, 9.17) is 9.47 Å². The minimum Gasteiger partial charge on any atom is -0.483 e. The first-order valence-corrected chi connectivity index (χ1v) is 21.3. The number of benzene rings is 4. The van der Waals surface area contributed by atoms with Gasteiger partial charge in [-0.1, -0.05) is 170 Å². The van der Waals surface area contributed by atoms with Crippen LogP contribution in [0.15, 0.2) is 84.9 Å². The van der Waals surface area contributed by atoms with E-state index >= 15 is 0 Å². The topological polar surface area (TPSA) is 18.5 Å². The van der Waals surface area contributed by atoms with Crippen molar-refractivity contribution in [3.63, 3.8) is 0 Å². The van der Waals surface area contributed by atoms with E-state index in [1.165, 1.54) is 44.0 Å². The molecule has 4 rings (SSSR count). The van der Waals surface area contributed by atoms with Gasteiger partial charge in [-0.2, -0.15) is 0 Å². The van der Waals surface area contributed by atoms with Gasteiger partial charge in [0.2, 0.25) is 0 Å². The molecule has 0 spiro atoms. The summed E-state index contributed by atoms with van der Waals surface area (Å²) in [6.45, 7) is 36.4. The Bertz CT molecular complexity index is 1660. The van der Waals surface area contributed by atoms with Crippen LogP contribution in [-0.4, -0.2) is 10.7 Å². The Labute approximate surface area is 321 Å². The van der Waals surface area contributed by atoms with E-state index in [0.717, 1.165) is 24.3 Å². The number of hydrogen-bond acceptors (Lipinski definition) is 2. The molecule has 0 N–H and O–H groups in total. The maximum atomic E-state index is 6.94. The van der Waals surface area contributed by atoms with Crippen molar-refractivity contribution >= 4 is 27.8 Å². The van der Waals surface area contributed by atoms with E-state index in [1.807, 2.05) is 0 Å². The largest absolute Gasteiger partial charge is 0.483 e. The summed E-state index contributed by atoms with van der Waals surface area (Å²) in [7, 11) is 1.06. The Hall–Kier alpha value is -2.66. The van der Waals surface area contributed by atoms with Crippen LogP contribution in [0.2, 0.25) is 0 Å². The third-order valence-corrected chi connectivity index (χ3v) is 13.5. The van der Waals surface area contributed by atoms with E-state index in [1.54, 1.807) is 0 Å². The van der Waals surface area contributed by atoms with Crippen LogP contribution in [0, 0.1) is 0 Å². The molecule has 0 radical (unpaired) electrons. The van der Waals surface area contributed by atoms with Crippen LogP contribution in [0.5, 0.6) is 11.5 Å². The molecule has 0 saturated carbocycles. The van der Waals surface area contributed by atoms with Crippen molar-refractivity contribution in [3.05, 3.63) is 107 Å². The summed E-state index contributed by atoms with van der Waals surface area (Å²) < 4.78 is 13.9. The number of ether oxygens (including phenoxy) is 2. The van der Waals surface area contributed by atoms with E-state index in [9.17, 15) is 0 Å². The Morgan fingerprint density at radius 1 is 0.404 bits per heavy atom. The lowest BCUT2D eigenvalue weighted by molar-refractivity contribution is 0.174. The van der Waals surface area contributed by atoms with E-state index < -0.39 is 0 Å². The average Bonchev–Trinajstić information content (AvgIpc) is 3.04. The van der Waals surface area contributed by atoms with Gasteiger partial charge in [0.15, 0.2) is 0 Å². The first kappa shape index (κ1) is 42.1. The van der Waals surface area contributed by atoms with Gasteiger partial charge in [0, 0.05) is 0 Å². The van der Waals surface area contributed by atoms with Gasteiger partial charge in [-0.25, -0.2) is 0 Å². The van der Waals surface area contributed by atoms with Crippen LogP contribution in [0.1, 0.15) is 146 Å². The molecule has 0 heterocycles. The van der Waals surface area contributed by atoms with Crippen molar-refractivity contribution in [2.24, 2.45) is 0 Å². The second kappa shape index (κ2) is 15.6. The van der Waals surface area contributed by atoms with Crippen LogP contribution in [0.3, 0.4) is 0 Å². The fourth-order valence-electron chi connectivity index (χ4n) is 6.30. The molecular formula is C48H68O2P2. The van der Waals surface area contributed by atoms with Crippen LogP contribution in [0.4, 0.5) is 0 Å². The average molecular weight is 739 g/mol. The van der Waals surface area contributed by atoms with Crippen molar-refractivity contribution in [1.82, 2.24) is 0 Å². The highest BCUT2D eigenvalue weighted by Crippen LogP contribution is 2.44. The van der Waals surface area contributed by atoms with Gasteiger partial charge in [0.25, 0.3) is 0 Å². The molecule has 4 unspecified atom stereocenters. The fourth-order valence-corrected chi connectivity index (χ4v) is 8.87. The van der Waals surface area contributed by atoms with E-state index in [2.05, 4.69) is 196 Å². The minimum absolute atomic E-state index is 0.0115. The molecule has 0 amide bonds. The van der Waals surface area contributed by atoms with Crippen molar-refractivity contribution in [2.45, 2.75) is 156 Å². The molecule has 4 heteroatoms. The molecule has 4 aromatic rings. The molecule has 0 aromatic heterocycles. The van der Waals surface area contributed by atoms with Crippen LogP contribution >= 0.6 is 17.2 Å². The highest BCUT2D eigenvalue weighted by molar-refractivity contribution is 7.49. The molecule has 0 bridgehead atoms. The first-order valence-electron chi connectivity index (χ1n) is 19.3. The lowest BCUT2D eigenvalue weighted by Crippen LogP contribution is -2.30. The van der Waals surface area contributed by atoms with Crippen molar-refractivity contribution in [3.8, 4) is 22.6 Å². The van der Waals surface area contributed by atoms with Gasteiger partial charge in [0.05, 0.1) is 0 Å². The zero-order valence-electron chi connectivity index (χ0n) is 35.3. The van der Waals surface area contributed by atoms with E-state index in [0.29, 0.717) is 17.2 Å². The predicted octanol–water partition coefficient (Wildman–Crippen LogP) is 13.6. The van der Waals surface area contributed by atoms with Crippen LogP contribution in [0.25, 0.3) is 11.1 Å². The molecule has 2 nitrogen and oxygen atoms in total. The van der Waals surface area contributed by atoms with Crippen molar-refractivity contribution < 1.29 is 9.47 Å². The quantitative estimate of drug-likeness (QED) is 0.143. The van der Waals surface area contributed by atoms with Gasteiger partial charge in [-0.15, -0.1) is 0 Å². The molecule has 0 aliphatic heterocycles. The van der Waals surface area contributed by atoms with Gasteiger partial charge in [0.1, 0.15) is 22.2 Å². The summed E-state index contributed by atoms with van der Waals surface area (Å²) in [6.07, 6.45) is 1.86. The smallest absolute Gasteiger partial charge is 0.125 e. The monoisotopic (exact) mass is 738 g/mol.